The van der Waals surface area contributed by atoms with Gasteiger partial charge in [0.1, 0.15) is 5.75 Å². The topological polar surface area (TPSA) is 69.6 Å². The minimum Gasteiger partial charge on any atom is -0.507 e. The fourth-order valence-corrected chi connectivity index (χ4v) is 2.62. The van der Waals surface area contributed by atoms with E-state index in [9.17, 15) is 9.90 Å². The van der Waals surface area contributed by atoms with Gasteiger partial charge in [-0.05, 0) is 54.0 Å². The Morgan fingerprint density at radius 2 is 2.22 bits per heavy atom. The molecular weight excluding hydrogens is 365 g/mol. The fourth-order valence-electron chi connectivity index (χ4n) is 1.50. The third kappa shape index (κ3) is 4.03. The van der Waals surface area contributed by atoms with Gasteiger partial charge in [0, 0.05) is 14.9 Å². The molecule has 0 saturated carbocycles. The van der Waals surface area contributed by atoms with E-state index in [1.165, 1.54) is 17.8 Å². The van der Waals surface area contributed by atoms with Crippen molar-refractivity contribution in [1.29, 1.82) is 0 Å². The molecule has 1 aromatic carbocycles. The number of phenols is 1. The molecule has 3 N–H and O–H groups in total. The van der Waals surface area contributed by atoms with E-state index in [-0.39, 0.29) is 35.1 Å². The lowest BCUT2D eigenvalue weighted by Gasteiger charge is -2.21. The maximum Gasteiger partial charge on any atom is 0.255 e. The van der Waals surface area contributed by atoms with E-state index >= 15 is 0 Å². The largest absolute Gasteiger partial charge is 0.507 e. The summed E-state index contributed by atoms with van der Waals surface area (Å²) in [5, 5.41) is 21.5. The summed E-state index contributed by atoms with van der Waals surface area (Å²) < 4.78 is 0.881. The molecule has 100 valence electrons. The van der Waals surface area contributed by atoms with Crippen LogP contribution in [-0.2, 0) is 0 Å². The average molecular weight is 381 g/mol. The minimum atomic E-state index is -0.328. The number of aromatic hydroxyl groups is 1. The number of hydrogen-bond donors (Lipinski definition) is 3. The maximum absolute atomic E-state index is 12.0. The smallest absolute Gasteiger partial charge is 0.255 e. The third-order valence-corrected chi connectivity index (χ3v) is 4.44. The predicted octanol–water partition coefficient (Wildman–Crippen LogP) is 1.84. The van der Waals surface area contributed by atoms with Crippen LogP contribution in [0.5, 0.6) is 5.75 Å². The van der Waals surface area contributed by atoms with Gasteiger partial charge in [0.25, 0.3) is 5.91 Å². The van der Waals surface area contributed by atoms with Gasteiger partial charge in [-0.15, -0.1) is 0 Å². The van der Waals surface area contributed by atoms with Crippen LogP contribution in [0.2, 0.25) is 0 Å². The van der Waals surface area contributed by atoms with Crippen LogP contribution >= 0.6 is 34.4 Å². The van der Waals surface area contributed by atoms with Crippen LogP contribution in [0, 0.1) is 3.57 Å². The van der Waals surface area contributed by atoms with Crippen LogP contribution in [0.4, 0.5) is 0 Å². The standard InChI is InChI=1S/C12H16INO3S/c1-7(11(6-15)18-2)14-12(17)9-5-8(13)3-4-10(9)16/h3-5,7,11,15-16H,6H2,1-2H3,(H,14,17). The van der Waals surface area contributed by atoms with Crippen LogP contribution in [0.3, 0.4) is 0 Å². The van der Waals surface area contributed by atoms with Crippen molar-refractivity contribution in [3.63, 3.8) is 0 Å². The van der Waals surface area contributed by atoms with E-state index in [0.29, 0.717) is 0 Å². The second-order valence-electron chi connectivity index (χ2n) is 3.88. The first kappa shape index (κ1) is 15.6. The first-order valence-electron chi connectivity index (χ1n) is 5.42. The summed E-state index contributed by atoms with van der Waals surface area (Å²) in [5.41, 5.74) is 0.256. The highest BCUT2D eigenvalue weighted by molar-refractivity contribution is 14.1. The lowest BCUT2D eigenvalue weighted by molar-refractivity contribution is 0.0933. The zero-order valence-electron chi connectivity index (χ0n) is 10.2. The van der Waals surface area contributed by atoms with Crippen LogP contribution < -0.4 is 5.32 Å². The molecule has 0 saturated heterocycles. The van der Waals surface area contributed by atoms with E-state index in [1.54, 1.807) is 12.1 Å². The summed E-state index contributed by atoms with van der Waals surface area (Å²) in [7, 11) is 0. The Balaban J connectivity index is 2.79. The van der Waals surface area contributed by atoms with Gasteiger partial charge < -0.3 is 15.5 Å². The Labute approximate surface area is 124 Å². The molecule has 2 unspecified atom stereocenters. The summed E-state index contributed by atoms with van der Waals surface area (Å²) in [6.45, 7) is 1.83. The maximum atomic E-state index is 12.0. The van der Waals surface area contributed by atoms with Gasteiger partial charge in [0.2, 0.25) is 0 Å². The summed E-state index contributed by atoms with van der Waals surface area (Å²) in [6, 6.07) is 4.69. The summed E-state index contributed by atoms with van der Waals surface area (Å²) in [5.74, 6) is -0.365. The van der Waals surface area contributed by atoms with Gasteiger partial charge in [0.15, 0.2) is 0 Å². The van der Waals surface area contributed by atoms with Gasteiger partial charge in [-0.1, -0.05) is 0 Å². The van der Waals surface area contributed by atoms with E-state index in [4.69, 9.17) is 5.11 Å². The normalized spacial score (nSPS) is 14.0. The van der Waals surface area contributed by atoms with Gasteiger partial charge in [0.05, 0.1) is 12.2 Å². The number of phenolic OH excluding ortho intramolecular Hbond substituents is 1. The quantitative estimate of drug-likeness (QED) is 0.681. The van der Waals surface area contributed by atoms with Gasteiger partial charge in [-0.2, -0.15) is 11.8 Å². The summed E-state index contributed by atoms with van der Waals surface area (Å²) >= 11 is 3.58. The highest BCUT2D eigenvalue weighted by Crippen LogP contribution is 2.20. The van der Waals surface area contributed by atoms with Crippen molar-refractivity contribution in [2.24, 2.45) is 0 Å². The molecule has 0 aromatic heterocycles. The van der Waals surface area contributed by atoms with Crippen molar-refractivity contribution in [1.82, 2.24) is 5.32 Å². The molecule has 2 atom stereocenters. The number of halogens is 1. The SMILES string of the molecule is CSC(CO)C(C)NC(=O)c1cc(I)ccc1O. The number of carbonyl (C=O) groups excluding carboxylic acids is 1. The summed E-state index contributed by atoms with van der Waals surface area (Å²) in [4.78, 5) is 12.0. The van der Waals surface area contributed by atoms with Crippen LogP contribution in [0.1, 0.15) is 17.3 Å². The van der Waals surface area contributed by atoms with Crippen LogP contribution in [0.15, 0.2) is 18.2 Å². The van der Waals surface area contributed by atoms with E-state index in [0.717, 1.165) is 3.57 Å². The highest BCUT2D eigenvalue weighted by Gasteiger charge is 2.19. The van der Waals surface area contributed by atoms with E-state index in [2.05, 4.69) is 27.9 Å². The number of amides is 1. The molecule has 1 amide bonds. The molecule has 0 aliphatic rings. The van der Waals surface area contributed by atoms with Gasteiger partial charge >= 0.3 is 0 Å². The number of rotatable bonds is 5. The number of aliphatic hydroxyl groups is 1. The second kappa shape index (κ2) is 7.20. The molecule has 1 rings (SSSR count). The molecule has 4 nitrogen and oxygen atoms in total. The van der Waals surface area contributed by atoms with Crippen molar-refractivity contribution in [2.45, 2.75) is 18.2 Å². The lowest BCUT2D eigenvalue weighted by atomic mass is 10.1. The van der Waals surface area contributed by atoms with E-state index < -0.39 is 0 Å². The van der Waals surface area contributed by atoms with Gasteiger partial charge in [-0.3, -0.25) is 4.79 Å². The number of hydrogen-bond acceptors (Lipinski definition) is 4. The first-order chi connectivity index (χ1) is 8.49. The average Bonchev–Trinajstić information content (AvgIpc) is 2.33. The molecule has 1 aromatic rings. The van der Waals surface area contributed by atoms with Crippen molar-refractivity contribution in [3.05, 3.63) is 27.3 Å². The number of benzene rings is 1. The van der Waals surface area contributed by atoms with Crippen molar-refractivity contribution >= 4 is 40.3 Å². The Morgan fingerprint density at radius 3 is 2.78 bits per heavy atom. The monoisotopic (exact) mass is 381 g/mol. The molecule has 0 radical (unpaired) electrons. The minimum absolute atomic E-state index is 0.000912. The van der Waals surface area contributed by atoms with Crippen molar-refractivity contribution in [2.75, 3.05) is 12.9 Å². The molecule has 18 heavy (non-hydrogen) atoms. The third-order valence-electron chi connectivity index (χ3n) is 2.60. The molecule has 0 heterocycles. The molecule has 0 aliphatic carbocycles. The number of nitrogens with one attached hydrogen (secondary N) is 1. The first-order valence-corrected chi connectivity index (χ1v) is 7.79. The number of thioether (sulfide) groups is 1. The van der Waals surface area contributed by atoms with Crippen molar-refractivity contribution in [3.8, 4) is 5.75 Å². The molecule has 0 spiro atoms. The fraction of sp³-hybridized carbons (Fsp3) is 0.417. The zero-order valence-corrected chi connectivity index (χ0v) is 13.2. The second-order valence-corrected chi connectivity index (χ2v) is 6.20. The Morgan fingerprint density at radius 1 is 1.56 bits per heavy atom. The number of carbonyl (C=O) groups is 1. The Kier molecular flexibility index (Phi) is 6.24. The Hall–Kier alpha value is -0.470. The molecule has 0 aliphatic heterocycles. The summed E-state index contributed by atoms with van der Waals surface area (Å²) in [6.07, 6.45) is 1.88. The van der Waals surface area contributed by atoms with Crippen LogP contribution in [0.25, 0.3) is 0 Å². The Bertz CT molecular complexity index is 424. The van der Waals surface area contributed by atoms with Crippen molar-refractivity contribution < 1.29 is 15.0 Å². The molecule has 0 bridgehead atoms. The predicted molar refractivity (Wildman–Crippen MR) is 82.1 cm³/mol. The zero-order chi connectivity index (χ0) is 13.7. The number of aliphatic hydroxyl groups excluding tert-OH is 1. The molecular formula is C12H16INO3S. The van der Waals surface area contributed by atoms with Gasteiger partial charge in [-0.25, -0.2) is 0 Å². The highest BCUT2D eigenvalue weighted by atomic mass is 127. The molecule has 6 heteroatoms. The van der Waals surface area contributed by atoms with E-state index in [1.807, 2.05) is 13.2 Å². The van der Waals surface area contributed by atoms with Crippen LogP contribution in [-0.4, -0.2) is 40.3 Å². The molecule has 0 fully saturated rings. The lowest BCUT2D eigenvalue weighted by Crippen LogP contribution is -2.41.